The average Bonchev–Trinajstić information content (AvgIpc) is 2.96. The Bertz CT molecular complexity index is 572. The second-order valence-electron chi connectivity index (χ2n) is 4.32. The lowest BCUT2D eigenvalue weighted by Gasteiger charge is -2.04. The quantitative estimate of drug-likeness (QED) is 0.855. The Balaban J connectivity index is 1.94. The van der Waals surface area contributed by atoms with E-state index in [1.807, 2.05) is 6.92 Å². The summed E-state index contributed by atoms with van der Waals surface area (Å²) in [6.07, 6.45) is 1.06. The smallest absolute Gasteiger partial charge is 0.345 e. The Labute approximate surface area is 120 Å². The number of carbonyl (C=O) groups is 1. The van der Waals surface area contributed by atoms with Gasteiger partial charge in [0, 0.05) is 22.8 Å². The molecule has 0 aliphatic carbocycles. The summed E-state index contributed by atoms with van der Waals surface area (Å²) in [7, 11) is 0. The van der Waals surface area contributed by atoms with Gasteiger partial charge in [0.1, 0.15) is 4.88 Å². The van der Waals surface area contributed by atoms with E-state index in [9.17, 15) is 4.79 Å². The van der Waals surface area contributed by atoms with Gasteiger partial charge in [-0.15, -0.1) is 22.7 Å². The van der Waals surface area contributed by atoms with Gasteiger partial charge in [-0.05, 0) is 42.0 Å². The lowest BCUT2D eigenvalue weighted by Crippen LogP contribution is -2.12. The van der Waals surface area contributed by atoms with Crippen LogP contribution in [0.5, 0.6) is 0 Å². The molecule has 2 N–H and O–H groups in total. The Morgan fingerprint density at radius 2 is 2.16 bits per heavy atom. The zero-order chi connectivity index (χ0) is 13.8. The van der Waals surface area contributed by atoms with Crippen LogP contribution in [0.4, 0.5) is 0 Å². The molecule has 0 aliphatic heterocycles. The van der Waals surface area contributed by atoms with Gasteiger partial charge in [0.15, 0.2) is 0 Å². The van der Waals surface area contributed by atoms with E-state index in [0.29, 0.717) is 4.88 Å². The third kappa shape index (κ3) is 3.43. The lowest BCUT2D eigenvalue weighted by molar-refractivity contribution is 0.0702. The molecule has 3 nitrogen and oxygen atoms in total. The van der Waals surface area contributed by atoms with Crippen molar-refractivity contribution in [3.05, 3.63) is 43.3 Å². The average molecular weight is 295 g/mol. The summed E-state index contributed by atoms with van der Waals surface area (Å²) < 4.78 is 0. The highest BCUT2D eigenvalue weighted by Crippen LogP contribution is 2.22. The molecule has 102 valence electrons. The van der Waals surface area contributed by atoms with Gasteiger partial charge in [0.25, 0.3) is 0 Å². The van der Waals surface area contributed by atoms with Crippen molar-refractivity contribution in [2.24, 2.45) is 0 Å². The highest BCUT2D eigenvalue weighted by atomic mass is 32.1. The van der Waals surface area contributed by atoms with E-state index in [1.165, 1.54) is 21.8 Å². The molecule has 0 spiro atoms. The predicted octanol–water partition coefficient (Wildman–Crippen LogP) is 3.67. The highest BCUT2D eigenvalue weighted by Gasteiger charge is 2.10. The Morgan fingerprint density at radius 1 is 1.37 bits per heavy atom. The maximum Gasteiger partial charge on any atom is 0.345 e. The molecule has 0 aliphatic rings. The lowest BCUT2D eigenvalue weighted by atomic mass is 10.2. The molecule has 0 saturated heterocycles. The Hall–Kier alpha value is -1.17. The van der Waals surface area contributed by atoms with Crippen molar-refractivity contribution in [2.45, 2.75) is 33.4 Å². The molecule has 0 unspecified atom stereocenters. The molecule has 0 radical (unpaired) electrons. The largest absolute Gasteiger partial charge is 0.477 e. The second kappa shape index (κ2) is 6.32. The van der Waals surface area contributed by atoms with Gasteiger partial charge in [0.2, 0.25) is 0 Å². The zero-order valence-corrected chi connectivity index (χ0v) is 12.7. The van der Waals surface area contributed by atoms with Crippen molar-refractivity contribution >= 4 is 28.6 Å². The molecule has 0 bridgehead atoms. The summed E-state index contributed by atoms with van der Waals surface area (Å²) in [4.78, 5) is 13.8. The van der Waals surface area contributed by atoms with Crippen LogP contribution in [0, 0.1) is 6.92 Å². The number of carboxylic acid groups (broad SMARTS) is 1. The fourth-order valence-electron chi connectivity index (χ4n) is 1.95. The Kier molecular flexibility index (Phi) is 4.74. The maximum atomic E-state index is 10.9. The van der Waals surface area contributed by atoms with Crippen molar-refractivity contribution in [3.63, 3.8) is 0 Å². The van der Waals surface area contributed by atoms with Crippen LogP contribution >= 0.6 is 22.7 Å². The number of thiophene rings is 2. The minimum atomic E-state index is -0.842. The summed E-state index contributed by atoms with van der Waals surface area (Å²) in [5, 5.41) is 14.5. The fourth-order valence-corrected chi connectivity index (χ4v) is 3.77. The van der Waals surface area contributed by atoms with Crippen LogP contribution in [0.15, 0.2) is 17.5 Å². The fraction of sp³-hybridized carbons (Fsp3) is 0.357. The molecule has 2 aromatic heterocycles. The Morgan fingerprint density at radius 3 is 2.79 bits per heavy atom. The summed E-state index contributed by atoms with van der Waals surface area (Å²) in [5.41, 5.74) is 2.47. The van der Waals surface area contributed by atoms with Crippen LogP contribution < -0.4 is 5.32 Å². The summed E-state index contributed by atoms with van der Waals surface area (Å²) in [6.45, 7) is 5.69. The number of hydrogen-bond acceptors (Lipinski definition) is 4. The van der Waals surface area contributed by atoms with Gasteiger partial charge < -0.3 is 10.4 Å². The van der Waals surface area contributed by atoms with Crippen molar-refractivity contribution < 1.29 is 9.90 Å². The van der Waals surface area contributed by atoms with Crippen LogP contribution in [0.3, 0.4) is 0 Å². The van der Waals surface area contributed by atoms with Crippen molar-refractivity contribution in [2.75, 3.05) is 0 Å². The summed E-state index contributed by atoms with van der Waals surface area (Å²) in [6, 6.07) is 3.94. The summed E-state index contributed by atoms with van der Waals surface area (Å²) >= 11 is 3.11. The monoisotopic (exact) mass is 295 g/mol. The van der Waals surface area contributed by atoms with E-state index in [1.54, 1.807) is 17.4 Å². The van der Waals surface area contributed by atoms with Gasteiger partial charge in [-0.2, -0.15) is 0 Å². The standard InChI is InChI=1S/C14H17NO2S2/c1-3-10-4-5-18-13(10)8-15-7-11-6-12(14(16)17)19-9(11)2/h4-6,15H,3,7-8H2,1-2H3,(H,16,17). The van der Waals surface area contributed by atoms with E-state index < -0.39 is 5.97 Å². The highest BCUT2D eigenvalue weighted by molar-refractivity contribution is 7.14. The molecular weight excluding hydrogens is 278 g/mol. The summed E-state index contributed by atoms with van der Waals surface area (Å²) in [5.74, 6) is -0.842. The van der Waals surface area contributed by atoms with Gasteiger partial charge in [-0.1, -0.05) is 6.92 Å². The number of hydrogen-bond donors (Lipinski definition) is 2. The normalized spacial score (nSPS) is 10.8. The van der Waals surface area contributed by atoms with E-state index >= 15 is 0 Å². The van der Waals surface area contributed by atoms with Gasteiger partial charge >= 0.3 is 5.97 Å². The predicted molar refractivity (Wildman–Crippen MR) is 80.3 cm³/mol. The van der Waals surface area contributed by atoms with E-state index in [4.69, 9.17) is 5.11 Å². The number of carboxylic acids is 1. The van der Waals surface area contributed by atoms with E-state index in [-0.39, 0.29) is 0 Å². The van der Waals surface area contributed by atoms with E-state index in [2.05, 4.69) is 23.7 Å². The van der Waals surface area contributed by atoms with Crippen molar-refractivity contribution in [1.82, 2.24) is 5.32 Å². The topological polar surface area (TPSA) is 49.3 Å². The molecule has 0 aromatic carbocycles. The number of rotatable bonds is 6. The van der Waals surface area contributed by atoms with Crippen LogP contribution in [-0.4, -0.2) is 11.1 Å². The van der Waals surface area contributed by atoms with Crippen LogP contribution in [0.25, 0.3) is 0 Å². The third-order valence-electron chi connectivity index (χ3n) is 3.05. The molecule has 2 heterocycles. The zero-order valence-electron chi connectivity index (χ0n) is 11.0. The first kappa shape index (κ1) is 14.2. The minimum Gasteiger partial charge on any atom is -0.477 e. The maximum absolute atomic E-state index is 10.9. The SMILES string of the molecule is CCc1ccsc1CNCc1cc(C(=O)O)sc1C. The molecule has 0 fully saturated rings. The molecule has 0 amide bonds. The second-order valence-corrected chi connectivity index (χ2v) is 6.58. The van der Waals surface area contributed by atoms with Gasteiger partial charge in [0.05, 0.1) is 0 Å². The molecule has 19 heavy (non-hydrogen) atoms. The molecule has 2 aromatic rings. The van der Waals surface area contributed by atoms with Gasteiger partial charge in [-0.3, -0.25) is 0 Å². The number of aromatic carboxylic acids is 1. The van der Waals surface area contributed by atoms with Crippen LogP contribution in [0.1, 0.15) is 37.5 Å². The van der Waals surface area contributed by atoms with Crippen molar-refractivity contribution in [1.29, 1.82) is 0 Å². The van der Waals surface area contributed by atoms with Crippen molar-refractivity contribution in [3.8, 4) is 0 Å². The van der Waals surface area contributed by atoms with Gasteiger partial charge in [-0.25, -0.2) is 4.79 Å². The number of aryl methyl sites for hydroxylation is 2. The van der Waals surface area contributed by atoms with Crippen LogP contribution in [0.2, 0.25) is 0 Å². The molecule has 0 saturated carbocycles. The molecule has 2 rings (SSSR count). The minimum absolute atomic E-state index is 0.416. The molecular formula is C14H17NO2S2. The first-order valence-corrected chi connectivity index (χ1v) is 7.90. The number of nitrogens with one attached hydrogen (secondary N) is 1. The molecule has 0 atom stereocenters. The van der Waals surface area contributed by atoms with Crippen LogP contribution in [-0.2, 0) is 19.5 Å². The van der Waals surface area contributed by atoms with E-state index in [0.717, 1.165) is 30.0 Å². The first-order chi connectivity index (χ1) is 9.11. The molecule has 5 heteroatoms. The first-order valence-electron chi connectivity index (χ1n) is 6.20. The third-order valence-corrected chi connectivity index (χ3v) is 5.09.